The van der Waals surface area contributed by atoms with E-state index in [0.717, 1.165) is 39.6 Å². The highest BCUT2D eigenvalue weighted by Gasteiger charge is 2.61. The summed E-state index contributed by atoms with van der Waals surface area (Å²) in [6.45, 7) is 1.67. The lowest BCUT2D eigenvalue weighted by Crippen LogP contribution is -2.70. The number of hydrogen-bond acceptors (Lipinski definition) is 22. The third kappa shape index (κ3) is 19.0. The maximum atomic E-state index is 15.5. The van der Waals surface area contributed by atoms with Crippen molar-refractivity contribution < 1.29 is 105 Å². The van der Waals surface area contributed by atoms with E-state index in [0.29, 0.717) is 0 Å². The fraction of sp³-hybridized carbons (Fsp3) is 0.291. The van der Waals surface area contributed by atoms with Crippen molar-refractivity contribution in [2.24, 2.45) is 0 Å². The number of carbonyl (C=O) groups is 7. The monoisotopic (exact) mass is 1480 g/mol. The van der Waals surface area contributed by atoms with E-state index in [4.69, 9.17) is 71.1 Å². The van der Waals surface area contributed by atoms with Crippen LogP contribution in [0.4, 0.5) is 0 Å². The number of nitrogens with zero attached hydrogens (tertiary/aromatic N) is 1. The first-order valence-electron chi connectivity index (χ1n) is 35.8. The van der Waals surface area contributed by atoms with Gasteiger partial charge in [0.2, 0.25) is 0 Å². The standard InChI is InChI=1S/C86H81NO22/c1-54-43-45-63(46-44-54)83(94)107-76-74(99-50-59-33-17-7-18-34-59)70(98-49-58-31-15-6-16-32-58)66(51-96-47-56-27-11-4-12-28-56)104-86(76)109-71-67(52-97-48-57-29-13-5-14-30-57)102-84(69(73(71)101-55(2)88)87-78(89)64-41-25-26-42-65(64)79(87)90)100-53-68-72(105-80(91)60-35-19-8-20-36-60)75(106-81(92)61-37-21-9-22-38-61)77(85(95-3)103-68)108-82(93)62-39-23-10-24-40-62/h4-46,66-77,84-86H,47-53H2,1-3H3/t66-,67-,68-,69-,70-,71-,72-,73-,74+,75+,76-,77-,84-,85+,86+/m1/s1. The van der Waals surface area contributed by atoms with E-state index in [2.05, 4.69) is 0 Å². The number of hydrogen-bond donors (Lipinski definition) is 0. The number of benzene rings is 9. The lowest BCUT2D eigenvalue weighted by atomic mass is 9.93. The first-order valence-corrected chi connectivity index (χ1v) is 35.8. The van der Waals surface area contributed by atoms with Crippen molar-refractivity contribution in [2.45, 2.75) is 132 Å². The lowest BCUT2D eigenvalue weighted by Gasteiger charge is -2.51. The van der Waals surface area contributed by atoms with Gasteiger partial charge in [-0.25, -0.2) is 19.2 Å². The van der Waals surface area contributed by atoms with Gasteiger partial charge >= 0.3 is 29.8 Å². The molecule has 23 nitrogen and oxygen atoms in total. The number of carbonyl (C=O) groups excluding carboxylic acids is 7. The second-order valence-electron chi connectivity index (χ2n) is 26.4. The summed E-state index contributed by atoms with van der Waals surface area (Å²) < 4.78 is 101. The Labute approximate surface area is 629 Å². The second-order valence-corrected chi connectivity index (χ2v) is 26.4. The van der Waals surface area contributed by atoms with E-state index >= 15 is 14.4 Å². The van der Waals surface area contributed by atoms with Gasteiger partial charge in [0.1, 0.15) is 42.7 Å². The van der Waals surface area contributed by atoms with Gasteiger partial charge < -0.3 is 71.1 Å². The Kier molecular flexibility index (Phi) is 25.7. The number of rotatable bonds is 30. The third-order valence-electron chi connectivity index (χ3n) is 18.8. The Morgan fingerprint density at radius 3 is 1.15 bits per heavy atom. The summed E-state index contributed by atoms with van der Waals surface area (Å²) in [4.78, 5) is 105. The Bertz CT molecular complexity index is 4460. The van der Waals surface area contributed by atoms with Crippen LogP contribution in [0, 0.1) is 6.92 Å². The Hall–Kier alpha value is -10.9. The van der Waals surface area contributed by atoms with E-state index in [1.165, 1.54) is 55.6 Å². The van der Waals surface area contributed by atoms with Gasteiger partial charge in [0.25, 0.3) is 11.8 Å². The smallest absolute Gasteiger partial charge is 0.338 e. The summed E-state index contributed by atoms with van der Waals surface area (Å²) in [6.07, 6.45) is -22.3. The molecule has 2 amide bonds. The number of methoxy groups -OCH3 is 1. The zero-order valence-corrected chi connectivity index (χ0v) is 59.9. The number of aryl methyl sites for hydroxylation is 1. The average Bonchev–Trinajstić information content (AvgIpc) is 1.66. The van der Waals surface area contributed by atoms with Crippen molar-refractivity contribution in [3.05, 3.63) is 322 Å². The summed E-state index contributed by atoms with van der Waals surface area (Å²) in [5, 5.41) is 0. The van der Waals surface area contributed by atoms with Gasteiger partial charge in [-0.1, -0.05) is 206 Å². The van der Waals surface area contributed by atoms with E-state index in [1.807, 2.05) is 128 Å². The lowest BCUT2D eigenvalue weighted by molar-refractivity contribution is -0.362. The Morgan fingerprint density at radius 1 is 0.339 bits per heavy atom. The second kappa shape index (κ2) is 36.8. The predicted octanol–water partition coefficient (Wildman–Crippen LogP) is 11.6. The zero-order chi connectivity index (χ0) is 75.6. The molecule has 15 atom stereocenters. The molecule has 13 rings (SSSR count). The molecule has 0 aliphatic carbocycles. The summed E-state index contributed by atoms with van der Waals surface area (Å²) in [7, 11) is 1.25. The highest BCUT2D eigenvalue weighted by molar-refractivity contribution is 6.21. The molecule has 9 aromatic carbocycles. The molecule has 0 aromatic heterocycles. The first-order chi connectivity index (χ1) is 53.2. The van der Waals surface area contributed by atoms with Crippen molar-refractivity contribution in [3.63, 3.8) is 0 Å². The van der Waals surface area contributed by atoms with Crippen LogP contribution >= 0.6 is 0 Å². The summed E-state index contributed by atoms with van der Waals surface area (Å²) in [5.74, 6) is -6.24. The van der Waals surface area contributed by atoms with E-state index in [1.54, 1.807) is 91.0 Å². The van der Waals surface area contributed by atoms with Gasteiger partial charge in [-0.15, -0.1) is 0 Å². The number of fused-ring (bicyclic) bond motifs is 1. The van der Waals surface area contributed by atoms with Crippen molar-refractivity contribution >= 4 is 41.7 Å². The van der Waals surface area contributed by atoms with Crippen molar-refractivity contribution in [1.29, 1.82) is 0 Å². The van der Waals surface area contributed by atoms with Gasteiger partial charge in [-0.3, -0.25) is 19.3 Å². The molecule has 0 saturated carbocycles. The van der Waals surface area contributed by atoms with Gasteiger partial charge in [-0.05, 0) is 89.8 Å². The van der Waals surface area contributed by atoms with Gasteiger partial charge in [-0.2, -0.15) is 0 Å². The minimum absolute atomic E-state index is 0.0184. The highest BCUT2D eigenvalue weighted by atomic mass is 16.8. The van der Waals surface area contributed by atoms with Crippen LogP contribution < -0.4 is 0 Å². The number of ether oxygens (including phenoxy) is 15. The molecule has 0 unspecified atom stereocenters. The molecule has 3 fully saturated rings. The molecule has 0 spiro atoms. The minimum Gasteiger partial charge on any atom is -0.457 e. The molecule has 109 heavy (non-hydrogen) atoms. The maximum absolute atomic E-state index is 15.5. The van der Waals surface area contributed by atoms with Crippen LogP contribution in [0.5, 0.6) is 0 Å². The van der Waals surface area contributed by atoms with Gasteiger partial charge in [0.15, 0.2) is 49.4 Å². The van der Waals surface area contributed by atoms with Crippen LogP contribution in [-0.4, -0.2) is 166 Å². The largest absolute Gasteiger partial charge is 0.457 e. The van der Waals surface area contributed by atoms with Crippen LogP contribution in [0.3, 0.4) is 0 Å². The minimum atomic E-state index is -1.91. The van der Waals surface area contributed by atoms with Crippen molar-refractivity contribution in [2.75, 3.05) is 26.9 Å². The summed E-state index contributed by atoms with van der Waals surface area (Å²) in [5.41, 5.74) is 4.28. The molecular formula is C86H81NO22. The molecule has 4 aliphatic heterocycles. The molecule has 0 N–H and O–H groups in total. The van der Waals surface area contributed by atoms with E-state index in [9.17, 15) is 19.2 Å². The predicted molar refractivity (Wildman–Crippen MR) is 390 cm³/mol. The number of esters is 5. The number of amides is 2. The Balaban J connectivity index is 0.932. The highest BCUT2D eigenvalue weighted by Crippen LogP contribution is 2.41. The van der Waals surface area contributed by atoms with Crippen LogP contribution in [0.15, 0.2) is 261 Å². The van der Waals surface area contributed by atoms with E-state index in [-0.39, 0.29) is 66.4 Å². The number of imide groups is 1. The van der Waals surface area contributed by atoms with Gasteiger partial charge in [0, 0.05) is 14.0 Å². The fourth-order valence-corrected chi connectivity index (χ4v) is 13.4. The Morgan fingerprint density at radius 2 is 0.697 bits per heavy atom. The van der Waals surface area contributed by atoms with Crippen LogP contribution in [0.25, 0.3) is 0 Å². The van der Waals surface area contributed by atoms with E-state index < -0.39 is 147 Å². The normalized spacial score (nSPS) is 24.4. The molecule has 3 saturated heterocycles. The van der Waals surface area contributed by atoms with Crippen LogP contribution in [0.2, 0.25) is 0 Å². The summed E-state index contributed by atoms with van der Waals surface area (Å²) >= 11 is 0. The quantitative estimate of drug-likeness (QED) is 0.0230. The zero-order valence-electron chi connectivity index (χ0n) is 59.9. The summed E-state index contributed by atoms with van der Waals surface area (Å²) in [6, 6.07) is 72.1. The molecule has 0 radical (unpaired) electrons. The first kappa shape index (κ1) is 76.3. The molecule has 23 heteroatoms. The third-order valence-corrected chi connectivity index (χ3v) is 18.8. The SMILES string of the molecule is CO[C@H]1O[C@H](CO[C@@H]2O[C@H](COCc3ccccc3)[C@@H](O[C@@H]3O[C@H](COCc4ccccc4)[C@@H](OCc4ccccc4)[C@H](OCc4ccccc4)[C@H]3OC(=O)c3ccc(C)cc3)[C@H](OC(C)=O)[C@H]2N2C(=O)c3ccccc3C2=O)[C@@H](OC(=O)c2ccccc2)[C@H](OC(=O)c2ccccc2)[C@H]1OC(=O)c1ccccc1. The molecule has 0 bridgehead atoms. The topological polar surface area (TPSA) is 261 Å². The van der Waals surface area contributed by atoms with Crippen LogP contribution in [-0.2, 0) is 102 Å². The maximum Gasteiger partial charge on any atom is 0.338 e. The average molecular weight is 1480 g/mol. The molecule has 4 aliphatic rings. The van der Waals surface area contributed by atoms with Crippen molar-refractivity contribution in [3.8, 4) is 0 Å². The van der Waals surface area contributed by atoms with Gasteiger partial charge in [0.05, 0.1) is 79.6 Å². The fourth-order valence-electron chi connectivity index (χ4n) is 13.4. The molecule has 9 aromatic rings. The van der Waals surface area contributed by atoms with Crippen LogP contribution in [0.1, 0.15) is 96.9 Å². The molecule has 4 heterocycles. The molecule has 562 valence electrons. The molecular weight excluding hydrogens is 1400 g/mol. The van der Waals surface area contributed by atoms with Crippen molar-refractivity contribution in [1.82, 2.24) is 4.90 Å².